The Hall–Kier alpha value is -3.37. The lowest BCUT2D eigenvalue weighted by atomic mass is 10.2. The minimum atomic E-state index is -3.76. The van der Waals surface area contributed by atoms with Crippen LogP contribution in [-0.2, 0) is 9.84 Å². The predicted molar refractivity (Wildman–Crippen MR) is 96.1 cm³/mol. The van der Waals surface area contributed by atoms with Crippen molar-refractivity contribution >= 4 is 22.0 Å². The molecule has 0 bridgehead atoms. The molecule has 4 nitrogen and oxygen atoms in total. The van der Waals surface area contributed by atoms with Gasteiger partial charge in [0.1, 0.15) is 11.6 Å². The van der Waals surface area contributed by atoms with Gasteiger partial charge < -0.3 is 0 Å². The maximum Gasteiger partial charge on any atom is 0.208 e. The number of pyridine rings is 1. The molecule has 7 heteroatoms. The van der Waals surface area contributed by atoms with Gasteiger partial charge in [0.25, 0.3) is 0 Å². The Bertz CT molecular complexity index is 1150. The topological polar surface area (TPSA) is 70.8 Å². The van der Waals surface area contributed by atoms with E-state index >= 15 is 0 Å². The van der Waals surface area contributed by atoms with Crippen molar-refractivity contribution < 1.29 is 17.2 Å². The molecule has 0 saturated carbocycles. The maximum absolute atomic E-state index is 13.6. The number of aromatic nitrogens is 1. The van der Waals surface area contributed by atoms with Gasteiger partial charge in [-0.3, -0.25) is 4.98 Å². The lowest BCUT2D eigenvalue weighted by Gasteiger charge is -2.04. The molecule has 27 heavy (non-hydrogen) atoms. The second-order valence-electron chi connectivity index (χ2n) is 5.56. The largest absolute Gasteiger partial charge is 0.256 e. The monoisotopic (exact) mass is 382 g/mol. The fourth-order valence-electron chi connectivity index (χ4n) is 2.31. The molecule has 0 amide bonds. The summed E-state index contributed by atoms with van der Waals surface area (Å²) in [6.45, 7) is 0. The number of nitriles is 1. The Kier molecular flexibility index (Phi) is 5.10. The summed E-state index contributed by atoms with van der Waals surface area (Å²) in [4.78, 5) is 4.10. The third-order valence-electron chi connectivity index (χ3n) is 3.76. The van der Waals surface area contributed by atoms with Crippen LogP contribution in [0.25, 0.3) is 12.2 Å². The Labute approximate surface area is 155 Å². The van der Waals surface area contributed by atoms with Crippen molar-refractivity contribution in [2.45, 2.75) is 9.79 Å². The molecule has 0 fully saturated rings. The zero-order valence-electron chi connectivity index (χ0n) is 13.8. The zero-order valence-corrected chi connectivity index (χ0v) is 14.6. The van der Waals surface area contributed by atoms with Gasteiger partial charge in [0, 0.05) is 17.8 Å². The van der Waals surface area contributed by atoms with E-state index in [1.807, 2.05) is 6.07 Å². The highest BCUT2D eigenvalue weighted by atomic mass is 32.2. The number of nitrogens with zero attached hydrogens (tertiary/aromatic N) is 2. The molecular formula is C20H12F2N2O2S. The molecule has 3 aromatic rings. The molecule has 134 valence electrons. The quantitative estimate of drug-likeness (QED) is 0.677. The van der Waals surface area contributed by atoms with Crippen molar-refractivity contribution in [1.82, 2.24) is 4.98 Å². The molecule has 0 unspecified atom stereocenters. The van der Waals surface area contributed by atoms with Gasteiger partial charge in [-0.2, -0.15) is 5.26 Å². The summed E-state index contributed by atoms with van der Waals surface area (Å²) in [6, 6.07) is 13.6. The van der Waals surface area contributed by atoms with Crippen molar-refractivity contribution in [3.05, 3.63) is 89.2 Å². The number of benzene rings is 2. The number of sulfone groups is 1. The second-order valence-corrected chi connectivity index (χ2v) is 7.51. The summed E-state index contributed by atoms with van der Waals surface area (Å²) in [7, 11) is -3.76. The van der Waals surface area contributed by atoms with Gasteiger partial charge in [0.15, 0.2) is 0 Å². The van der Waals surface area contributed by atoms with Gasteiger partial charge in [-0.25, -0.2) is 17.2 Å². The van der Waals surface area contributed by atoms with Crippen molar-refractivity contribution in [3.8, 4) is 6.07 Å². The normalized spacial score (nSPS) is 11.4. The average molecular weight is 382 g/mol. The first kappa shape index (κ1) is 18.4. The molecular weight excluding hydrogens is 370 g/mol. The highest BCUT2D eigenvalue weighted by Crippen LogP contribution is 2.21. The number of halogens is 2. The summed E-state index contributed by atoms with van der Waals surface area (Å²) in [6.07, 6.45) is 4.12. The highest BCUT2D eigenvalue weighted by Gasteiger charge is 2.17. The predicted octanol–water partition coefficient (Wildman–Crippen LogP) is 4.23. The fourth-order valence-corrected chi connectivity index (χ4v) is 3.51. The van der Waals surface area contributed by atoms with Crippen LogP contribution in [0.3, 0.4) is 0 Å². The molecule has 1 aromatic heterocycles. The summed E-state index contributed by atoms with van der Waals surface area (Å²) >= 11 is 0. The van der Waals surface area contributed by atoms with E-state index in [2.05, 4.69) is 4.98 Å². The molecule has 0 aliphatic rings. The fraction of sp³-hybridized carbons (Fsp3) is 0. The van der Waals surface area contributed by atoms with Gasteiger partial charge in [-0.15, -0.1) is 0 Å². The summed E-state index contributed by atoms with van der Waals surface area (Å²) in [5.74, 6) is -1.37. The van der Waals surface area contributed by atoms with Gasteiger partial charge in [0.05, 0.1) is 27.1 Å². The van der Waals surface area contributed by atoms with Crippen LogP contribution in [0.5, 0.6) is 0 Å². The molecule has 0 spiro atoms. The molecule has 0 saturated heterocycles. The van der Waals surface area contributed by atoms with Gasteiger partial charge in [0.2, 0.25) is 9.84 Å². The minimum absolute atomic E-state index is 0.00248. The van der Waals surface area contributed by atoms with Crippen LogP contribution in [0, 0.1) is 23.0 Å². The number of rotatable bonds is 4. The Morgan fingerprint density at radius 1 is 0.926 bits per heavy atom. The number of hydrogen-bond donors (Lipinski definition) is 0. The zero-order chi connectivity index (χ0) is 19.4. The van der Waals surface area contributed by atoms with E-state index in [0.717, 1.165) is 12.1 Å². The molecule has 0 atom stereocenters. The molecule has 2 aromatic carbocycles. The van der Waals surface area contributed by atoms with Crippen molar-refractivity contribution in [1.29, 1.82) is 5.26 Å². The van der Waals surface area contributed by atoms with Crippen molar-refractivity contribution in [2.24, 2.45) is 0 Å². The van der Waals surface area contributed by atoms with Gasteiger partial charge >= 0.3 is 0 Å². The number of hydrogen-bond acceptors (Lipinski definition) is 4. The summed E-state index contributed by atoms with van der Waals surface area (Å²) < 4.78 is 51.7. The first-order chi connectivity index (χ1) is 12.9. The van der Waals surface area contributed by atoms with E-state index in [9.17, 15) is 17.2 Å². The van der Waals surface area contributed by atoms with Crippen LogP contribution >= 0.6 is 0 Å². The smallest absolute Gasteiger partial charge is 0.208 e. The molecule has 0 aliphatic heterocycles. The van der Waals surface area contributed by atoms with Gasteiger partial charge in [-0.05, 0) is 60.7 Å². The molecule has 1 heterocycles. The van der Waals surface area contributed by atoms with Crippen molar-refractivity contribution in [2.75, 3.05) is 0 Å². The molecule has 0 N–H and O–H groups in total. The second kappa shape index (κ2) is 7.48. The van der Waals surface area contributed by atoms with Crippen LogP contribution in [0.15, 0.2) is 70.6 Å². The molecule has 0 radical (unpaired) electrons. The van der Waals surface area contributed by atoms with E-state index in [-0.39, 0.29) is 15.4 Å². The lowest BCUT2D eigenvalue weighted by Crippen LogP contribution is -2.02. The Balaban J connectivity index is 1.84. The van der Waals surface area contributed by atoms with E-state index < -0.39 is 21.5 Å². The maximum atomic E-state index is 13.6. The van der Waals surface area contributed by atoms with Crippen LogP contribution < -0.4 is 0 Å². The lowest BCUT2D eigenvalue weighted by molar-refractivity contribution is 0.581. The van der Waals surface area contributed by atoms with E-state index in [4.69, 9.17) is 5.26 Å². The Morgan fingerprint density at radius 3 is 2.22 bits per heavy atom. The van der Waals surface area contributed by atoms with Crippen LogP contribution in [-0.4, -0.2) is 13.4 Å². The summed E-state index contributed by atoms with van der Waals surface area (Å²) in [5, 5.41) is 8.78. The van der Waals surface area contributed by atoms with Crippen LogP contribution in [0.2, 0.25) is 0 Å². The molecule has 3 rings (SSSR count). The SMILES string of the molecule is N#Cc1ccc(S(=O)(=O)c2ccc(/C=C/c3ccc(F)cc3F)nc2)cc1. The van der Waals surface area contributed by atoms with Gasteiger partial charge in [-0.1, -0.05) is 0 Å². The first-order valence-corrected chi connectivity index (χ1v) is 9.23. The summed E-state index contributed by atoms with van der Waals surface area (Å²) in [5.41, 5.74) is 0.963. The third-order valence-corrected chi connectivity index (χ3v) is 5.51. The van der Waals surface area contributed by atoms with E-state index in [0.29, 0.717) is 11.3 Å². The standard InChI is InChI=1S/C20H12F2N2O2S/c21-16-5-3-15(20(22)11-16)4-6-17-7-10-19(13-24-17)27(25,26)18-8-1-14(12-23)2-9-18/h1-11,13H/b6-4+. The highest BCUT2D eigenvalue weighted by molar-refractivity contribution is 7.91. The van der Waals surface area contributed by atoms with Crippen molar-refractivity contribution in [3.63, 3.8) is 0 Å². The van der Waals surface area contributed by atoms with E-state index in [1.165, 1.54) is 60.8 Å². The first-order valence-electron chi connectivity index (χ1n) is 7.74. The minimum Gasteiger partial charge on any atom is -0.256 e. The average Bonchev–Trinajstić information content (AvgIpc) is 2.67. The Morgan fingerprint density at radius 2 is 1.63 bits per heavy atom. The third kappa shape index (κ3) is 4.07. The molecule has 0 aliphatic carbocycles. The van der Waals surface area contributed by atoms with Crippen LogP contribution in [0.1, 0.15) is 16.8 Å². The van der Waals surface area contributed by atoms with E-state index in [1.54, 1.807) is 0 Å². The van der Waals surface area contributed by atoms with Crippen LogP contribution in [0.4, 0.5) is 8.78 Å².